The van der Waals surface area contributed by atoms with Gasteiger partial charge in [0.15, 0.2) is 0 Å². The van der Waals surface area contributed by atoms with E-state index in [2.05, 4.69) is 10.6 Å². The van der Waals surface area contributed by atoms with Crippen molar-refractivity contribution in [1.29, 1.82) is 0 Å². The molecule has 1 heterocycles. The van der Waals surface area contributed by atoms with Crippen molar-refractivity contribution in [2.75, 3.05) is 23.9 Å². The SMILES string of the molecule is COc1cccc(NC(=O)N[C@@H]2CCN(c3ccc(F)cc3)C2=O)c1. The molecule has 0 spiro atoms. The normalized spacial score (nSPS) is 16.6. The zero-order valence-electron chi connectivity index (χ0n) is 13.7. The van der Waals surface area contributed by atoms with Crippen molar-refractivity contribution in [3.8, 4) is 5.75 Å². The molecular formula is C18H18FN3O3. The number of halogens is 1. The molecule has 0 radical (unpaired) electrons. The van der Waals surface area contributed by atoms with Gasteiger partial charge in [-0.05, 0) is 42.8 Å². The van der Waals surface area contributed by atoms with Crippen LogP contribution in [0.25, 0.3) is 0 Å². The number of nitrogens with one attached hydrogen (secondary N) is 2. The van der Waals surface area contributed by atoms with Crippen LogP contribution in [0.3, 0.4) is 0 Å². The summed E-state index contributed by atoms with van der Waals surface area (Å²) < 4.78 is 18.1. The maximum Gasteiger partial charge on any atom is 0.319 e. The molecule has 0 unspecified atom stereocenters. The lowest BCUT2D eigenvalue weighted by Gasteiger charge is -2.17. The van der Waals surface area contributed by atoms with Gasteiger partial charge >= 0.3 is 6.03 Å². The van der Waals surface area contributed by atoms with Crippen LogP contribution < -0.4 is 20.3 Å². The summed E-state index contributed by atoms with van der Waals surface area (Å²) in [6.07, 6.45) is 0.488. The molecule has 0 bridgehead atoms. The Labute approximate surface area is 144 Å². The smallest absolute Gasteiger partial charge is 0.319 e. The summed E-state index contributed by atoms with van der Waals surface area (Å²) in [5.74, 6) is 0.0485. The van der Waals surface area contributed by atoms with Crippen LogP contribution in [0.1, 0.15) is 6.42 Å². The monoisotopic (exact) mass is 343 g/mol. The number of anilines is 2. The Morgan fingerprint density at radius 2 is 2.00 bits per heavy atom. The number of benzene rings is 2. The first kappa shape index (κ1) is 16.8. The second-order valence-corrected chi connectivity index (χ2v) is 5.64. The average Bonchev–Trinajstić information content (AvgIpc) is 2.96. The van der Waals surface area contributed by atoms with E-state index in [1.54, 1.807) is 43.5 Å². The average molecular weight is 343 g/mol. The fourth-order valence-corrected chi connectivity index (χ4v) is 2.72. The van der Waals surface area contributed by atoms with Gasteiger partial charge in [0.2, 0.25) is 5.91 Å². The van der Waals surface area contributed by atoms with E-state index in [9.17, 15) is 14.0 Å². The van der Waals surface area contributed by atoms with E-state index >= 15 is 0 Å². The first-order valence-corrected chi connectivity index (χ1v) is 7.85. The summed E-state index contributed by atoms with van der Waals surface area (Å²) in [6, 6.07) is 11.6. The Balaban J connectivity index is 1.60. The number of methoxy groups -OCH3 is 1. The molecule has 3 amide bonds. The summed E-state index contributed by atoms with van der Waals surface area (Å²) in [4.78, 5) is 26.1. The highest BCUT2D eigenvalue weighted by atomic mass is 19.1. The number of amides is 3. The van der Waals surface area contributed by atoms with Crippen LogP contribution in [0, 0.1) is 5.82 Å². The number of urea groups is 1. The fraction of sp³-hybridized carbons (Fsp3) is 0.222. The van der Waals surface area contributed by atoms with E-state index < -0.39 is 12.1 Å². The quantitative estimate of drug-likeness (QED) is 0.897. The maximum absolute atomic E-state index is 13.0. The number of carbonyl (C=O) groups excluding carboxylic acids is 2. The Morgan fingerprint density at radius 3 is 2.72 bits per heavy atom. The zero-order chi connectivity index (χ0) is 17.8. The van der Waals surface area contributed by atoms with E-state index in [0.717, 1.165) is 0 Å². The van der Waals surface area contributed by atoms with Crippen LogP contribution in [-0.4, -0.2) is 31.6 Å². The van der Waals surface area contributed by atoms with Gasteiger partial charge in [-0.3, -0.25) is 4.79 Å². The summed E-state index contributed by atoms with van der Waals surface area (Å²) in [5, 5.41) is 5.35. The van der Waals surface area contributed by atoms with Gasteiger partial charge in [0.05, 0.1) is 7.11 Å². The van der Waals surface area contributed by atoms with Crippen LogP contribution in [-0.2, 0) is 4.79 Å². The predicted octanol–water partition coefficient (Wildman–Crippen LogP) is 2.76. The van der Waals surface area contributed by atoms with Crippen LogP contribution >= 0.6 is 0 Å². The van der Waals surface area contributed by atoms with Crippen LogP contribution in [0.4, 0.5) is 20.6 Å². The van der Waals surface area contributed by atoms with Gasteiger partial charge in [0, 0.05) is 24.0 Å². The number of nitrogens with zero attached hydrogens (tertiary/aromatic N) is 1. The number of hydrogen-bond donors (Lipinski definition) is 2. The molecule has 2 aromatic rings. The molecule has 1 aliphatic heterocycles. The van der Waals surface area contributed by atoms with Crippen LogP contribution in [0.15, 0.2) is 48.5 Å². The highest BCUT2D eigenvalue weighted by molar-refractivity contribution is 6.02. The maximum atomic E-state index is 13.0. The van der Waals surface area contributed by atoms with Gasteiger partial charge in [-0.1, -0.05) is 6.07 Å². The van der Waals surface area contributed by atoms with Gasteiger partial charge in [0.25, 0.3) is 0 Å². The Kier molecular flexibility index (Phi) is 4.83. The minimum atomic E-state index is -0.615. The van der Waals surface area contributed by atoms with E-state index in [1.165, 1.54) is 17.0 Å². The Morgan fingerprint density at radius 1 is 1.24 bits per heavy atom. The highest BCUT2D eigenvalue weighted by Crippen LogP contribution is 2.22. The third kappa shape index (κ3) is 3.88. The minimum Gasteiger partial charge on any atom is -0.497 e. The third-order valence-electron chi connectivity index (χ3n) is 3.98. The lowest BCUT2D eigenvalue weighted by Crippen LogP contribution is -2.43. The number of carbonyl (C=O) groups is 2. The van der Waals surface area contributed by atoms with Crippen LogP contribution in [0.2, 0.25) is 0 Å². The van der Waals surface area contributed by atoms with Gasteiger partial charge in [0.1, 0.15) is 17.6 Å². The molecule has 1 fully saturated rings. The van der Waals surface area contributed by atoms with Crippen molar-refractivity contribution in [3.63, 3.8) is 0 Å². The number of ether oxygens (including phenoxy) is 1. The van der Waals surface area contributed by atoms with E-state index in [-0.39, 0.29) is 11.7 Å². The minimum absolute atomic E-state index is 0.215. The predicted molar refractivity (Wildman–Crippen MR) is 92.3 cm³/mol. The molecule has 0 saturated carbocycles. The molecule has 2 N–H and O–H groups in total. The summed E-state index contributed by atoms with van der Waals surface area (Å²) in [7, 11) is 1.54. The molecule has 6 nitrogen and oxygen atoms in total. The van der Waals surface area contributed by atoms with Gasteiger partial charge in [-0.15, -0.1) is 0 Å². The molecule has 1 atom stereocenters. The first-order valence-electron chi connectivity index (χ1n) is 7.85. The Hall–Kier alpha value is -3.09. The first-order chi connectivity index (χ1) is 12.1. The van der Waals surface area contributed by atoms with Gasteiger partial charge in [-0.2, -0.15) is 0 Å². The molecule has 7 heteroatoms. The van der Waals surface area contributed by atoms with E-state index in [0.29, 0.717) is 30.1 Å². The number of rotatable bonds is 4. The van der Waals surface area contributed by atoms with Gasteiger partial charge in [-0.25, -0.2) is 9.18 Å². The summed E-state index contributed by atoms with van der Waals surface area (Å²) in [6.45, 7) is 0.467. The second-order valence-electron chi connectivity index (χ2n) is 5.64. The van der Waals surface area contributed by atoms with Gasteiger partial charge < -0.3 is 20.3 Å². The highest BCUT2D eigenvalue weighted by Gasteiger charge is 2.33. The molecule has 3 rings (SSSR count). The van der Waals surface area contributed by atoms with Crippen molar-refractivity contribution in [2.45, 2.75) is 12.5 Å². The molecule has 25 heavy (non-hydrogen) atoms. The molecule has 0 aromatic heterocycles. The fourth-order valence-electron chi connectivity index (χ4n) is 2.72. The molecular weight excluding hydrogens is 325 g/mol. The zero-order valence-corrected chi connectivity index (χ0v) is 13.7. The van der Waals surface area contributed by atoms with Crippen molar-refractivity contribution in [3.05, 3.63) is 54.3 Å². The van der Waals surface area contributed by atoms with Crippen molar-refractivity contribution >= 4 is 23.3 Å². The Bertz CT molecular complexity index is 779. The van der Waals surface area contributed by atoms with Crippen molar-refractivity contribution < 1.29 is 18.7 Å². The van der Waals surface area contributed by atoms with E-state index in [4.69, 9.17) is 4.74 Å². The molecule has 1 saturated heterocycles. The lowest BCUT2D eigenvalue weighted by molar-refractivity contribution is -0.118. The molecule has 1 aliphatic rings. The van der Waals surface area contributed by atoms with Crippen molar-refractivity contribution in [2.24, 2.45) is 0 Å². The molecule has 0 aliphatic carbocycles. The summed E-state index contributed by atoms with van der Waals surface area (Å²) in [5.41, 5.74) is 1.18. The largest absolute Gasteiger partial charge is 0.497 e. The second kappa shape index (κ2) is 7.21. The third-order valence-corrected chi connectivity index (χ3v) is 3.98. The standard InChI is InChI=1S/C18H18FN3O3/c1-25-15-4-2-3-13(11-15)20-18(24)21-16-9-10-22(17(16)23)14-7-5-12(19)6-8-14/h2-8,11,16H,9-10H2,1H3,(H2,20,21,24)/t16-/m1/s1. The topological polar surface area (TPSA) is 70.7 Å². The van der Waals surface area contributed by atoms with Crippen molar-refractivity contribution in [1.82, 2.24) is 5.32 Å². The van der Waals surface area contributed by atoms with Crippen LogP contribution in [0.5, 0.6) is 5.75 Å². The molecule has 2 aromatic carbocycles. The lowest BCUT2D eigenvalue weighted by atomic mass is 10.2. The summed E-state index contributed by atoms with van der Waals surface area (Å²) >= 11 is 0. The molecule has 130 valence electrons. The number of hydrogen-bond acceptors (Lipinski definition) is 3. The van der Waals surface area contributed by atoms with E-state index in [1.807, 2.05) is 0 Å².